The molecule has 0 saturated carbocycles. The highest BCUT2D eigenvalue weighted by Crippen LogP contribution is 2.32. The summed E-state index contributed by atoms with van der Waals surface area (Å²) < 4.78 is 0. The van der Waals surface area contributed by atoms with E-state index in [0.29, 0.717) is 0 Å². The Kier molecular flexibility index (Phi) is 4.74. The van der Waals surface area contributed by atoms with Gasteiger partial charge >= 0.3 is 0 Å². The van der Waals surface area contributed by atoms with Crippen molar-refractivity contribution in [3.05, 3.63) is 28.8 Å². The first-order valence-corrected chi connectivity index (χ1v) is 5.39. The topological polar surface area (TPSA) is 89.8 Å². The van der Waals surface area contributed by atoms with E-state index in [2.05, 4.69) is 5.32 Å². The summed E-state index contributed by atoms with van der Waals surface area (Å²) in [6.45, 7) is 1.21. The number of benzene rings is 1. The van der Waals surface area contributed by atoms with Crippen molar-refractivity contribution in [2.75, 3.05) is 6.54 Å². The maximum atomic E-state index is 10.7. The number of aromatic hydroxyl groups is 1. The smallest absolute Gasteiger partial charge is 0.216 e. The van der Waals surface area contributed by atoms with Gasteiger partial charge in [0.1, 0.15) is 18.0 Å². The average molecular weight is 260 g/mol. The molecule has 0 saturated heterocycles. The van der Waals surface area contributed by atoms with Gasteiger partial charge in [-0.1, -0.05) is 23.7 Å². The Morgan fingerprint density at radius 2 is 2.12 bits per heavy atom. The maximum Gasteiger partial charge on any atom is 0.216 e. The summed E-state index contributed by atoms with van der Waals surface area (Å²) in [6.07, 6.45) is -2.47. The predicted molar refractivity (Wildman–Crippen MR) is 62.8 cm³/mol. The van der Waals surface area contributed by atoms with Gasteiger partial charge in [-0.25, -0.2) is 0 Å². The second-order valence-electron chi connectivity index (χ2n) is 3.63. The number of aliphatic hydroxyl groups is 2. The van der Waals surface area contributed by atoms with E-state index in [-0.39, 0.29) is 28.8 Å². The third-order valence-electron chi connectivity index (χ3n) is 2.25. The van der Waals surface area contributed by atoms with Gasteiger partial charge in [-0.3, -0.25) is 4.79 Å². The summed E-state index contributed by atoms with van der Waals surface area (Å²) >= 11 is 5.79. The zero-order chi connectivity index (χ0) is 13.0. The molecule has 2 atom stereocenters. The van der Waals surface area contributed by atoms with Gasteiger partial charge in [-0.2, -0.15) is 0 Å². The van der Waals surface area contributed by atoms with Crippen LogP contribution in [0, 0.1) is 0 Å². The molecule has 0 aliphatic heterocycles. The predicted octanol–water partition coefficient (Wildman–Crippen LogP) is 0.576. The van der Waals surface area contributed by atoms with Crippen LogP contribution in [0.15, 0.2) is 18.2 Å². The van der Waals surface area contributed by atoms with Gasteiger partial charge < -0.3 is 20.6 Å². The molecule has 2 unspecified atom stereocenters. The zero-order valence-corrected chi connectivity index (χ0v) is 9.98. The molecule has 0 bridgehead atoms. The van der Waals surface area contributed by atoms with E-state index in [1.807, 2.05) is 0 Å². The van der Waals surface area contributed by atoms with Crippen LogP contribution < -0.4 is 5.32 Å². The third-order valence-corrected chi connectivity index (χ3v) is 2.66. The fraction of sp³-hybridized carbons (Fsp3) is 0.364. The number of carbonyl (C=O) groups excluding carboxylic acids is 1. The van der Waals surface area contributed by atoms with Crippen molar-refractivity contribution < 1.29 is 20.1 Å². The summed E-state index contributed by atoms with van der Waals surface area (Å²) in [5.41, 5.74) is 0.213. The van der Waals surface area contributed by atoms with Crippen LogP contribution in [0.1, 0.15) is 18.6 Å². The molecule has 5 nitrogen and oxygen atoms in total. The first kappa shape index (κ1) is 13.8. The molecule has 0 aliphatic carbocycles. The normalized spacial score (nSPS) is 14.1. The number of rotatable bonds is 4. The van der Waals surface area contributed by atoms with Crippen LogP contribution >= 0.6 is 11.6 Å². The highest BCUT2D eigenvalue weighted by Gasteiger charge is 2.22. The number of aliphatic hydroxyl groups excluding tert-OH is 2. The lowest BCUT2D eigenvalue weighted by Crippen LogP contribution is -2.34. The lowest BCUT2D eigenvalue weighted by atomic mass is 10.0. The fourth-order valence-corrected chi connectivity index (χ4v) is 1.57. The molecule has 4 N–H and O–H groups in total. The maximum absolute atomic E-state index is 10.7. The Balaban J connectivity index is 2.77. The molecule has 94 valence electrons. The van der Waals surface area contributed by atoms with Gasteiger partial charge in [-0.05, 0) is 6.07 Å². The molecule has 0 aliphatic rings. The van der Waals surface area contributed by atoms with Crippen molar-refractivity contribution in [2.24, 2.45) is 0 Å². The Labute approximate surface area is 104 Å². The van der Waals surface area contributed by atoms with Crippen LogP contribution in [-0.2, 0) is 4.79 Å². The van der Waals surface area contributed by atoms with E-state index >= 15 is 0 Å². The van der Waals surface area contributed by atoms with Crippen LogP contribution in [0.3, 0.4) is 0 Å². The summed E-state index contributed by atoms with van der Waals surface area (Å²) in [6, 6.07) is 4.37. The average Bonchev–Trinajstić information content (AvgIpc) is 2.28. The van der Waals surface area contributed by atoms with E-state index in [1.165, 1.54) is 25.1 Å². The van der Waals surface area contributed by atoms with E-state index < -0.39 is 12.2 Å². The molecule has 1 rings (SSSR count). The molecule has 0 fully saturated rings. The number of hydrogen-bond acceptors (Lipinski definition) is 4. The molecule has 0 spiro atoms. The Morgan fingerprint density at radius 3 is 2.71 bits per heavy atom. The van der Waals surface area contributed by atoms with Gasteiger partial charge in [0.2, 0.25) is 5.91 Å². The molecule has 0 radical (unpaired) electrons. The Hall–Kier alpha value is -1.30. The van der Waals surface area contributed by atoms with Crippen molar-refractivity contribution >= 4 is 17.5 Å². The van der Waals surface area contributed by atoms with Crippen LogP contribution in [0.5, 0.6) is 5.75 Å². The first-order chi connectivity index (χ1) is 7.93. The minimum Gasteiger partial charge on any atom is -0.506 e. The quantitative estimate of drug-likeness (QED) is 0.637. The number of phenols is 1. The standard InChI is InChI=1S/C11H14ClNO4/c1-6(14)13-5-9(16)11(17)7-3-2-4-8(15)10(7)12/h2-4,9,11,15-17H,5H2,1H3,(H,13,14). The minimum absolute atomic E-state index is 0.0122. The Bertz CT molecular complexity index is 410. The van der Waals surface area contributed by atoms with Crippen molar-refractivity contribution in [2.45, 2.75) is 19.1 Å². The van der Waals surface area contributed by atoms with Gasteiger partial charge in [0, 0.05) is 19.0 Å². The van der Waals surface area contributed by atoms with Gasteiger partial charge in [0.25, 0.3) is 0 Å². The number of carbonyl (C=O) groups is 1. The molecular formula is C11H14ClNO4. The van der Waals surface area contributed by atoms with E-state index in [0.717, 1.165) is 0 Å². The summed E-state index contributed by atoms with van der Waals surface area (Å²) in [5.74, 6) is -0.479. The SMILES string of the molecule is CC(=O)NCC(O)C(O)c1cccc(O)c1Cl. The molecular weight excluding hydrogens is 246 g/mol. The second-order valence-corrected chi connectivity index (χ2v) is 4.01. The van der Waals surface area contributed by atoms with Gasteiger partial charge in [0.05, 0.1) is 5.02 Å². The van der Waals surface area contributed by atoms with Gasteiger partial charge in [0.15, 0.2) is 0 Å². The minimum atomic E-state index is -1.28. The molecule has 1 amide bonds. The number of halogens is 1. The molecule has 0 heterocycles. The number of amides is 1. The number of nitrogens with one attached hydrogen (secondary N) is 1. The third kappa shape index (κ3) is 3.59. The van der Waals surface area contributed by atoms with Crippen LogP contribution in [0.25, 0.3) is 0 Å². The molecule has 17 heavy (non-hydrogen) atoms. The molecule has 0 aromatic heterocycles. The van der Waals surface area contributed by atoms with Crippen molar-refractivity contribution in [1.29, 1.82) is 0 Å². The Morgan fingerprint density at radius 1 is 1.47 bits per heavy atom. The summed E-state index contributed by atoms with van der Waals surface area (Å²) in [5, 5.41) is 31.2. The van der Waals surface area contributed by atoms with Crippen molar-refractivity contribution in [1.82, 2.24) is 5.32 Å². The molecule has 1 aromatic carbocycles. The second kappa shape index (κ2) is 5.86. The van der Waals surface area contributed by atoms with Crippen LogP contribution in [0.2, 0.25) is 5.02 Å². The van der Waals surface area contributed by atoms with Crippen molar-refractivity contribution in [3.8, 4) is 5.75 Å². The number of phenolic OH excluding ortho intramolecular Hbond substituents is 1. The fourth-order valence-electron chi connectivity index (χ4n) is 1.33. The van der Waals surface area contributed by atoms with Crippen LogP contribution in [-0.4, -0.2) is 33.9 Å². The van der Waals surface area contributed by atoms with Crippen molar-refractivity contribution in [3.63, 3.8) is 0 Å². The highest BCUT2D eigenvalue weighted by atomic mass is 35.5. The van der Waals surface area contributed by atoms with E-state index in [9.17, 15) is 20.1 Å². The zero-order valence-electron chi connectivity index (χ0n) is 9.22. The highest BCUT2D eigenvalue weighted by molar-refractivity contribution is 6.32. The lowest BCUT2D eigenvalue weighted by molar-refractivity contribution is -0.119. The van der Waals surface area contributed by atoms with Crippen LogP contribution in [0.4, 0.5) is 0 Å². The van der Waals surface area contributed by atoms with E-state index in [4.69, 9.17) is 11.6 Å². The first-order valence-electron chi connectivity index (χ1n) is 5.01. The summed E-state index contributed by atoms with van der Waals surface area (Å²) in [4.78, 5) is 10.7. The van der Waals surface area contributed by atoms with Gasteiger partial charge in [-0.15, -0.1) is 0 Å². The van der Waals surface area contributed by atoms with E-state index in [1.54, 1.807) is 0 Å². The monoisotopic (exact) mass is 259 g/mol. The number of hydrogen-bond donors (Lipinski definition) is 4. The molecule has 1 aromatic rings. The summed E-state index contributed by atoms with van der Waals surface area (Å²) in [7, 11) is 0. The molecule has 6 heteroatoms. The lowest BCUT2D eigenvalue weighted by Gasteiger charge is -2.19. The largest absolute Gasteiger partial charge is 0.506 e.